The van der Waals surface area contributed by atoms with E-state index in [0.29, 0.717) is 29.4 Å². The summed E-state index contributed by atoms with van der Waals surface area (Å²) in [6.07, 6.45) is 6.74. The highest BCUT2D eigenvalue weighted by molar-refractivity contribution is 7.90. The number of imidazole rings is 1. The largest absolute Gasteiger partial charge is 0.324 e. The number of fused-ring (bicyclic) bond motifs is 3. The first-order valence-electron chi connectivity index (χ1n) is 12.4. The van der Waals surface area contributed by atoms with Gasteiger partial charge >= 0.3 is 0 Å². The Morgan fingerprint density at radius 1 is 1.11 bits per heavy atom. The minimum atomic E-state index is -3.85. The van der Waals surface area contributed by atoms with Crippen LogP contribution < -0.4 is 4.72 Å². The van der Waals surface area contributed by atoms with Crippen LogP contribution in [-0.4, -0.2) is 72.7 Å². The minimum Gasteiger partial charge on any atom is -0.324 e. The molecular weight excluding hydrogens is 526 g/mol. The zero-order valence-electron chi connectivity index (χ0n) is 21.0. The highest BCUT2D eigenvalue weighted by atomic mass is 32.2. The van der Waals surface area contributed by atoms with Crippen molar-refractivity contribution < 1.29 is 16.8 Å². The summed E-state index contributed by atoms with van der Waals surface area (Å²) >= 11 is 0. The highest BCUT2D eigenvalue weighted by Crippen LogP contribution is 2.34. The molecule has 1 N–H and O–H groups in total. The molecule has 1 aliphatic rings. The molecule has 0 atom stereocenters. The fourth-order valence-corrected chi connectivity index (χ4v) is 6.92. The molecular formula is C25H29N7O4S2. The van der Waals surface area contributed by atoms with Crippen molar-refractivity contribution in [2.45, 2.75) is 36.6 Å². The van der Waals surface area contributed by atoms with E-state index in [0.717, 1.165) is 50.1 Å². The summed E-state index contributed by atoms with van der Waals surface area (Å²) in [5.41, 5.74) is 1.74. The maximum absolute atomic E-state index is 13.4. The standard InChI is InChI=1S/C25H29N7O4S2/c1-37(33,34)28-13-8-23-29-22-18-27-25-21(11-17-31(25)38(35,36)20-6-3-2-4-7-20)24(22)32(23)19-9-15-30(16-10-19)14-5-12-26/h2-4,6-7,11,17-19,28H,5,8-10,13-16H2,1H3. The second-order valence-corrected chi connectivity index (χ2v) is 13.1. The topological polar surface area (TPSA) is 143 Å². The van der Waals surface area contributed by atoms with Crippen molar-refractivity contribution in [3.8, 4) is 6.07 Å². The lowest BCUT2D eigenvalue weighted by molar-refractivity contribution is 0.190. The van der Waals surface area contributed by atoms with E-state index in [-0.39, 0.29) is 17.5 Å². The van der Waals surface area contributed by atoms with Crippen molar-refractivity contribution in [2.75, 3.05) is 32.4 Å². The molecule has 13 heteroatoms. The van der Waals surface area contributed by atoms with Gasteiger partial charge in [0.25, 0.3) is 10.0 Å². The van der Waals surface area contributed by atoms with Crippen LogP contribution in [-0.2, 0) is 26.5 Å². The van der Waals surface area contributed by atoms with E-state index in [1.54, 1.807) is 42.6 Å². The summed E-state index contributed by atoms with van der Waals surface area (Å²) in [5, 5.41) is 9.61. The van der Waals surface area contributed by atoms with Crippen LogP contribution in [0.4, 0.5) is 0 Å². The molecule has 1 aromatic carbocycles. The summed E-state index contributed by atoms with van der Waals surface area (Å²) in [4.78, 5) is 11.7. The monoisotopic (exact) mass is 555 g/mol. The molecule has 0 aliphatic carbocycles. The second kappa shape index (κ2) is 10.5. The molecule has 0 bridgehead atoms. The summed E-state index contributed by atoms with van der Waals surface area (Å²) < 4.78 is 56.0. The van der Waals surface area contributed by atoms with E-state index >= 15 is 0 Å². The van der Waals surface area contributed by atoms with Crippen LogP contribution in [0.15, 0.2) is 53.7 Å². The van der Waals surface area contributed by atoms with Gasteiger partial charge in [0.1, 0.15) is 11.3 Å². The number of rotatable bonds is 9. The molecule has 200 valence electrons. The molecule has 0 spiro atoms. The molecule has 38 heavy (non-hydrogen) atoms. The van der Waals surface area contributed by atoms with Gasteiger partial charge in [0, 0.05) is 56.6 Å². The van der Waals surface area contributed by atoms with Gasteiger partial charge in [-0.25, -0.2) is 35.5 Å². The number of sulfonamides is 1. The second-order valence-electron chi connectivity index (χ2n) is 9.45. The molecule has 0 radical (unpaired) electrons. The van der Waals surface area contributed by atoms with Crippen molar-refractivity contribution in [3.05, 3.63) is 54.6 Å². The van der Waals surface area contributed by atoms with E-state index in [2.05, 4.69) is 25.2 Å². The van der Waals surface area contributed by atoms with Gasteiger partial charge in [0.15, 0.2) is 5.65 Å². The first kappa shape index (κ1) is 26.3. The van der Waals surface area contributed by atoms with Gasteiger partial charge in [0.2, 0.25) is 10.0 Å². The zero-order valence-corrected chi connectivity index (χ0v) is 22.6. The van der Waals surface area contributed by atoms with Crippen LogP contribution in [0.2, 0.25) is 0 Å². The molecule has 0 saturated carbocycles. The number of benzene rings is 1. The third-order valence-corrected chi connectivity index (χ3v) is 9.29. The number of likely N-dealkylation sites (tertiary alicyclic amines) is 1. The molecule has 0 unspecified atom stereocenters. The fourth-order valence-electron chi connectivity index (χ4n) is 5.12. The number of nitrogens with zero attached hydrogens (tertiary/aromatic N) is 6. The van der Waals surface area contributed by atoms with Gasteiger partial charge in [-0.3, -0.25) is 0 Å². The highest BCUT2D eigenvalue weighted by Gasteiger charge is 2.27. The number of hydrogen-bond acceptors (Lipinski definition) is 8. The van der Waals surface area contributed by atoms with Gasteiger partial charge in [-0.15, -0.1) is 0 Å². The number of hydrogen-bond donors (Lipinski definition) is 1. The van der Waals surface area contributed by atoms with E-state index in [1.807, 2.05) is 0 Å². The van der Waals surface area contributed by atoms with Crippen molar-refractivity contribution in [3.63, 3.8) is 0 Å². The van der Waals surface area contributed by atoms with Crippen molar-refractivity contribution in [1.29, 1.82) is 5.26 Å². The van der Waals surface area contributed by atoms with Gasteiger partial charge in [0.05, 0.1) is 28.9 Å². The first-order valence-corrected chi connectivity index (χ1v) is 15.7. The Labute approximate surface area is 221 Å². The summed E-state index contributed by atoms with van der Waals surface area (Å²) in [6.45, 7) is 2.58. The van der Waals surface area contributed by atoms with Crippen LogP contribution in [0, 0.1) is 11.3 Å². The van der Waals surface area contributed by atoms with Gasteiger partial charge in [-0.2, -0.15) is 5.26 Å². The molecule has 3 aromatic heterocycles. The lowest BCUT2D eigenvalue weighted by atomic mass is 10.0. The van der Waals surface area contributed by atoms with Crippen molar-refractivity contribution in [2.24, 2.45) is 0 Å². The Balaban J connectivity index is 1.59. The first-order chi connectivity index (χ1) is 18.2. The number of aromatic nitrogens is 4. The smallest absolute Gasteiger partial charge is 0.269 e. The predicted octanol–water partition coefficient (Wildman–Crippen LogP) is 2.27. The maximum atomic E-state index is 13.4. The predicted molar refractivity (Wildman–Crippen MR) is 144 cm³/mol. The third kappa shape index (κ3) is 5.17. The van der Waals surface area contributed by atoms with Crippen LogP contribution in [0.1, 0.15) is 31.1 Å². The SMILES string of the molecule is CS(=O)(=O)NCCc1nc2cnc3c(ccn3S(=O)(=O)c3ccccc3)c2n1C1CCN(CCC#N)CC1. The van der Waals surface area contributed by atoms with Crippen molar-refractivity contribution >= 4 is 42.1 Å². The summed E-state index contributed by atoms with van der Waals surface area (Å²) in [6, 6.07) is 12.3. The average Bonchev–Trinajstić information content (AvgIpc) is 3.49. The number of nitrogens with one attached hydrogen (secondary N) is 1. The maximum Gasteiger partial charge on any atom is 0.269 e. The van der Waals surface area contributed by atoms with Crippen LogP contribution in [0.5, 0.6) is 0 Å². The van der Waals surface area contributed by atoms with E-state index in [1.165, 1.54) is 10.2 Å². The van der Waals surface area contributed by atoms with Gasteiger partial charge in [-0.05, 0) is 31.0 Å². The lowest BCUT2D eigenvalue weighted by Crippen LogP contribution is -2.35. The Kier molecular flexibility index (Phi) is 7.23. The van der Waals surface area contributed by atoms with Crippen LogP contribution in [0.3, 0.4) is 0 Å². The minimum absolute atomic E-state index is 0.0891. The molecule has 0 amide bonds. The van der Waals surface area contributed by atoms with Crippen LogP contribution >= 0.6 is 0 Å². The average molecular weight is 556 g/mol. The molecule has 5 rings (SSSR count). The zero-order chi connectivity index (χ0) is 26.9. The number of nitriles is 1. The Hall–Kier alpha value is -3.31. The fraction of sp³-hybridized carbons (Fsp3) is 0.400. The van der Waals surface area contributed by atoms with Crippen LogP contribution in [0.25, 0.3) is 22.1 Å². The number of piperidine rings is 1. The molecule has 1 aliphatic heterocycles. The van der Waals surface area contributed by atoms with Gasteiger partial charge in [-0.1, -0.05) is 18.2 Å². The van der Waals surface area contributed by atoms with Crippen molar-refractivity contribution in [1.82, 2.24) is 28.1 Å². The van der Waals surface area contributed by atoms with Gasteiger partial charge < -0.3 is 9.47 Å². The Bertz CT molecular complexity index is 1710. The summed E-state index contributed by atoms with van der Waals surface area (Å²) in [7, 11) is -7.21. The molecule has 1 saturated heterocycles. The molecule has 4 heterocycles. The Morgan fingerprint density at radius 2 is 1.84 bits per heavy atom. The Morgan fingerprint density at radius 3 is 2.53 bits per heavy atom. The molecule has 11 nitrogen and oxygen atoms in total. The third-order valence-electron chi connectivity index (χ3n) is 6.88. The normalized spacial score (nSPS) is 15.8. The molecule has 1 fully saturated rings. The lowest BCUT2D eigenvalue weighted by Gasteiger charge is -2.33. The summed E-state index contributed by atoms with van der Waals surface area (Å²) in [5.74, 6) is 0.722. The van der Waals surface area contributed by atoms with E-state index in [4.69, 9.17) is 10.2 Å². The number of pyridine rings is 1. The van der Waals surface area contributed by atoms with E-state index < -0.39 is 20.0 Å². The quantitative estimate of drug-likeness (QED) is 0.331. The van der Waals surface area contributed by atoms with E-state index in [9.17, 15) is 16.8 Å². The molecule has 4 aromatic rings.